The van der Waals surface area contributed by atoms with Crippen molar-refractivity contribution in [3.8, 4) is 5.75 Å². The van der Waals surface area contributed by atoms with Crippen LogP contribution in [-0.4, -0.2) is 23.9 Å². The highest BCUT2D eigenvalue weighted by Gasteiger charge is 2.26. The molecule has 5 heteroatoms. The second-order valence-corrected chi connectivity index (χ2v) is 4.28. The Labute approximate surface area is 110 Å². The summed E-state index contributed by atoms with van der Waals surface area (Å²) in [4.78, 5) is 23.7. The Hall–Kier alpha value is -2.30. The van der Waals surface area contributed by atoms with Gasteiger partial charge in [-0.1, -0.05) is 6.07 Å². The number of Topliss-reactive ketones (excluding diaryl/α,β-unsaturated/α-hetero) is 1. The average molecular weight is 261 g/mol. The normalized spacial score (nSPS) is 15.3. The minimum Gasteiger partial charge on any atom is -0.511 e. The molecule has 19 heavy (non-hydrogen) atoms. The maximum Gasteiger partial charge on any atom is 0.262 e. The van der Waals surface area contributed by atoms with E-state index in [4.69, 9.17) is 4.74 Å². The maximum atomic E-state index is 12.0. The molecule has 0 saturated heterocycles. The predicted molar refractivity (Wildman–Crippen MR) is 70.1 cm³/mol. The van der Waals surface area contributed by atoms with E-state index in [2.05, 4.69) is 5.32 Å². The Kier molecular flexibility index (Phi) is 3.85. The molecule has 0 aromatic heterocycles. The molecule has 0 heterocycles. The number of methoxy groups -OCH3 is 1. The van der Waals surface area contributed by atoms with Gasteiger partial charge in [0.15, 0.2) is 5.78 Å². The number of amides is 1. The number of nitrogens with one attached hydrogen (secondary N) is 1. The van der Waals surface area contributed by atoms with Crippen LogP contribution in [0.1, 0.15) is 19.3 Å². The lowest BCUT2D eigenvalue weighted by Crippen LogP contribution is -2.24. The Morgan fingerprint density at radius 1 is 1.37 bits per heavy atom. The number of aliphatic hydroxyl groups excluding tert-OH is 1. The molecule has 0 saturated carbocycles. The summed E-state index contributed by atoms with van der Waals surface area (Å²) in [6.45, 7) is 0. The fourth-order valence-corrected chi connectivity index (χ4v) is 1.98. The largest absolute Gasteiger partial charge is 0.511 e. The third-order valence-corrected chi connectivity index (χ3v) is 2.94. The van der Waals surface area contributed by atoms with Crippen LogP contribution in [0.15, 0.2) is 35.6 Å². The third kappa shape index (κ3) is 2.93. The lowest BCUT2D eigenvalue weighted by Gasteiger charge is -2.15. The van der Waals surface area contributed by atoms with E-state index in [-0.39, 0.29) is 17.1 Å². The van der Waals surface area contributed by atoms with Gasteiger partial charge in [-0.2, -0.15) is 0 Å². The van der Waals surface area contributed by atoms with Crippen LogP contribution in [0, 0.1) is 0 Å². The minimum atomic E-state index is -0.574. The molecular formula is C14H15NO4. The molecule has 0 radical (unpaired) electrons. The van der Waals surface area contributed by atoms with E-state index in [1.165, 1.54) is 7.11 Å². The van der Waals surface area contributed by atoms with Crippen molar-refractivity contribution in [1.82, 2.24) is 0 Å². The molecule has 5 nitrogen and oxygen atoms in total. The predicted octanol–water partition coefficient (Wildman–Crippen LogP) is 2.20. The van der Waals surface area contributed by atoms with Gasteiger partial charge in [0, 0.05) is 24.6 Å². The quantitative estimate of drug-likeness (QED) is 0.818. The SMILES string of the molecule is COc1cccc(NC(=O)C2=C(O)CCCC2=O)c1. The topological polar surface area (TPSA) is 75.6 Å². The number of carbonyl (C=O) groups excluding carboxylic acids is 2. The maximum absolute atomic E-state index is 12.0. The van der Waals surface area contributed by atoms with Crippen molar-refractivity contribution in [2.75, 3.05) is 12.4 Å². The van der Waals surface area contributed by atoms with E-state index >= 15 is 0 Å². The highest BCUT2D eigenvalue weighted by molar-refractivity contribution is 6.24. The Bertz CT molecular complexity index is 548. The number of aliphatic hydroxyl groups is 1. The molecule has 1 amide bonds. The third-order valence-electron chi connectivity index (χ3n) is 2.94. The molecule has 0 spiro atoms. The summed E-state index contributed by atoms with van der Waals surface area (Å²) in [6, 6.07) is 6.80. The number of carbonyl (C=O) groups is 2. The molecule has 2 N–H and O–H groups in total. The molecule has 0 atom stereocenters. The molecule has 100 valence electrons. The molecule has 1 aromatic carbocycles. The Morgan fingerprint density at radius 3 is 2.84 bits per heavy atom. The minimum absolute atomic E-state index is 0.128. The highest BCUT2D eigenvalue weighted by atomic mass is 16.5. The molecule has 1 aliphatic rings. The molecule has 2 rings (SSSR count). The molecular weight excluding hydrogens is 246 g/mol. The second-order valence-electron chi connectivity index (χ2n) is 4.28. The first-order valence-electron chi connectivity index (χ1n) is 6.02. The van der Waals surface area contributed by atoms with Crippen molar-refractivity contribution in [3.63, 3.8) is 0 Å². The first-order valence-corrected chi connectivity index (χ1v) is 6.02. The van der Waals surface area contributed by atoms with Gasteiger partial charge < -0.3 is 15.2 Å². The molecule has 0 fully saturated rings. The molecule has 0 aliphatic heterocycles. The Balaban J connectivity index is 2.18. The molecule has 0 bridgehead atoms. The number of ketones is 1. The van der Waals surface area contributed by atoms with Crippen LogP contribution in [-0.2, 0) is 9.59 Å². The summed E-state index contributed by atoms with van der Waals surface area (Å²) >= 11 is 0. The molecule has 1 aromatic rings. The zero-order chi connectivity index (χ0) is 13.8. The lowest BCUT2D eigenvalue weighted by molar-refractivity contribution is -0.121. The van der Waals surface area contributed by atoms with Gasteiger partial charge in [0.1, 0.15) is 17.1 Å². The van der Waals surface area contributed by atoms with Gasteiger partial charge in [0.05, 0.1) is 7.11 Å². The van der Waals surface area contributed by atoms with E-state index in [0.717, 1.165) is 0 Å². The monoisotopic (exact) mass is 261 g/mol. The number of anilines is 1. The van der Waals surface area contributed by atoms with Gasteiger partial charge in [-0.05, 0) is 18.6 Å². The van der Waals surface area contributed by atoms with Crippen molar-refractivity contribution in [2.45, 2.75) is 19.3 Å². The van der Waals surface area contributed by atoms with E-state index < -0.39 is 5.91 Å². The summed E-state index contributed by atoms with van der Waals surface area (Å²) in [5.41, 5.74) is 0.386. The number of allylic oxidation sites excluding steroid dienone is 1. The van der Waals surface area contributed by atoms with E-state index in [1.807, 2.05) is 0 Å². The standard InChI is InChI=1S/C14H15NO4/c1-19-10-5-2-4-9(8-10)15-14(18)13-11(16)6-3-7-12(13)17/h2,4-5,8,16H,3,6-7H2,1H3,(H,15,18). The van der Waals surface area contributed by atoms with Gasteiger partial charge in [0.2, 0.25) is 0 Å². The van der Waals surface area contributed by atoms with E-state index in [1.54, 1.807) is 24.3 Å². The van der Waals surface area contributed by atoms with Crippen molar-refractivity contribution < 1.29 is 19.4 Å². The first kappa shape index (κ1) is 13.1. The number of hydrogen-bond donors (Lipinski definition) is 2. The van der Waals surface area contributed by atoms with Gasteiger partial charge in [0.25, 0.3) is 5.91 Å². The van der Waals surface area contributed by atoms with E-state index in [9.17, 15) is 14.7 Å². The van der Waals surface area contributed by atoms with Crippen LogP contribution >= 0.6 is 0 Å². The fourth-order valence-electron chi connectivity index (χ4n) is 1.98. The van der Waals surface area contributed by atoms with Crippen LogP contribution in [0.4, 0.5) is 5.69 Å². The van der Waals surface area contributed by atoms with Crippen molar-refractivity contribution in [1.29, 1.82) is 0 Å². The fraction of sp³-hybridized carbons (Fsp3) is 0.286. The summed E-state index contributed by atoms with van der Waals surface area (Å²) in [5.74, 6) is -0.415. The number of ether oxygens (including phenoxy) is 1. The van der Waals surface area contributed by atoms with Gasteiger partial charge in [-0.15, -0.1) is 0 Å². The lowest BCUT2D eigenvalue weighted by atomic mass is 9.95. The summed E-state index contributed by atoms with van der Waals surface area (Å²) < 4.78 is 5.04. The molecule has 1 aliphatic carbocycles. The van der Waals surface area contributed by atoms with E-state index in [0.29, 0.717) is 30.7 Å². The van der Waals surface area contributed by atoms with Crippen molar-refractivity contribution in [2.24, 2.45) is 0 Å². The van der Waals surface area contributed by atoms with Crippen LogP contribution in [0.2, 0.25) is 0 Å². The smallest absolute Gasteiger partial charge is 0.262 e. The van der Waals surface area contributed by atoms with Crippen LogP contribution in [0.3, 0.4) is 0 Å². The second kappa shape index (κ2) is 5.56. The number of rotatable bonds is 3. The summed E-state index contributed by atoms with van der Waals surface area (Å²) in [5, 5.41) is 12.3. The van der Waals surface area contributed by atoms with Gasteiger partial charge in [-0.25, -0.2) is 0 Å². The van der Waals surface area contributed by atoms with Crippen LogP contribution in [0.5, 0.6) is 5.75 Å². The average Bonchev–Trinajstić information content (AvgIpc) is 2.38. The highest BCUT2D eigenvalue weighted by Crippen LogP contribution is 2.22. The first-order chi connectivity index (χ1) is 9.11. The number of hydrogen-bond acceptors (Lipinski definition) is 4. The van der Waals surface area contributed by atoms with Crippen molar-refractivity contribution >= 4 is 17.4 Å². The van der Waals surface area contributed by atoms with Gasteiger partial charge in [-0.3, -0.25) is 9.59 Å². The zero-order valence-corrected chi connectivity index (χ0v) is 10.6. The molecule has 0 unspecified atom stereocenters. The zero-order valence-electron chi connectivity index (χ0n) is 10.6. The summed E-state index contributed by atoms with van der Waals surface area (Å²) in [6.07, 6.45) is 1.25. The summed E-state index contributed by atoms with van der Waals surface area (Å²) in [7, 11) is 1.53. The van der Waals surface area contributed by atoms with Gasteiger partial charge >= 0.3 is 0 Å². The van der Waals surface area contributed by atoms with Crippen LogP contribution in [0.25, 0.3) is 0 Å². The van der Waals surface area contributed by atoms with Crippen molar-refractivity contribution in [3.05, 3.63) is 35.6 Å². The Morgan fingerprint density at radius 2 is 2.16 bits per heavy atom. The number of benzene rings is 1. The van der Waals surface area contributed by atoms with Crippen LogP contribution < -0.4 is 10.1 Å².